The largest absolute Gasteiger partial charge is 0.325 e. The maximum atomic E-state index is 13.2. The molecule has 1 N–H and O–H groups in total. The average molecular weight is 368 g/mol. The molecule has 0 fully saturated rings. The summed E-state index contributed by atoms with van der Waals surface area (Å²) in [7, 11) is 0. The van der Waals surface area contributed by atoms with E-state index in [1.165, 1.54) is 12.1 Å². The Morgan fingerprint density at radius 3 is 2.48 bits per heavy atom. The number of halogens is 2. The molecule has 0 aliphatic heterocycles. The quantitative estimate of drug-likeness (QED) is 0.722. The van der Waals surface area contributed by atoms with Crippen LogP contribution in [0.2, 0.25) is 0 Å². The van der Waals surface area contributed by atoms with Crippen LogP contribution in [0.1, 0.15) is 23.0 Å². The molecular formula is C20H18F2N4O. The number of rotatable bonds is 5. The predicted molar refractivity (Wildman–Crippen MR) is 100 cm³/mol. The Bertz CT molecular complexity index is 960. The fourth-order valence-corrected chi connectivity index (χ4v) is 2.63. The van der Waals surface area contributed by atoms with E-state index >= 15 is 0 Å². The first-order chi connectivity index (χ1) is 13.0. The van der Waals surface area contributed by atoms with Crippen LogP contribution in [0.25, 0.3) is 0 Å². The molecule has 0 saturated heterocycles. The highest BCUT2D eigenvalue weighted by atomic mass is 19.2. The number of carbonyl (C=O) groups excluding carboxylic acids is 1. The standard InChI is InChI=1S/C20H18F2N4O/c1-3-26(15-6-4-5-13(2)11-15)19-10-9-18(24-25-19)20(27)23-14-7-8-16(21)17(22)12-14/h4-12H,3H2,1-2H3,(H,23,27). The van der Waals surface area contributed by atoms with E-state index in [1.54, 1.807) is 6.07 Å². The number of hydrogen-bond donors (Lipinski definition) is 1. The van der Waals surface area contributed by atoms with E-state index in [-0.39, 0.29) is 11.4 Å². The molecule has 0 atom stereocenters. The summed E-state index contributed by atoms with van der Waals surface area (Å²) in [5.41, 5.74) is 2.32. The molecule has 5 nitrogen and oxygen atoms in total. The van der Waals surface area contributed by atoms with Gasteiger partial charge in [-0.05, 0) is 55.8 Å². The van der Waals surface area contributed by atoms with Crippen LogP contribution in [-0.4, -0.2) is 22.6 Å². The highest BCUT2D eigenvalue weighted by Crippen LogP contribution is 2.23. The third-order valence-corrected chi connectivity index (χ3v) is 3.97. The molecule has 2 aromatic carbocycles. The number of hydrogen-bond acceptors (Lipinski definition) is 4. The van der Waals surface area contributed by atoms with E-state index in [9.17, 15) is 13.6 Å². The zero-order valence-corrected chi connectivity index (χ0v) is 14.9. The maximum Gasteiger partial charge on any atom is 0.276 e. The summed E-state index contributed by atoms with van der Waals surface area (Å²) in [6, 6.07) is 14.3. The SMILES string of the molecule is CCN(c1cccc(C)c1)c1ccc(C(=O)Nc2ccc(F)c(F)c2)nn1. The Balaban J connectivity index is 1.77. The number of anilines is 3. The zero-order chi connectivity index (χ0) is 19.4. The molecular weight excluding hydrogens is 350 g/mol. The van der Waals surface area contributed by atoms with Crippen molar-refractivity contribution in [3.8, 4) is 0 Å². The number of nitrogens with one attached hydrogen (secondary N) is 1. The second kappa shape index (κ2) is 7.90. The van der Waals surface area contributed by atoms with E-state index in [0.29, 0.717) is 12.4 Å². The minimum absolute atomic E-state index is 0.0729. The van der Waals surface area contributed by atoms with Crippen molar-refractivity contribution in [2.45, 2.75) is 13.8 Å². The van der Waals surface area contributed by atoms with Gasteiger partial charge in [-0.2, -0.15) is 0 Å². The monoisotopic (exact) mass is 368 g/mol. The topological polar surface area (TPSA) is 58.1 Å². The summed E-state index contributed by atoms with van der Waals surface area (Å²) < 4.78 is 26.2. The van der Waals surface area contributed by atoms with Crippen molar-refractivity contribution in [3.05, 3.63) is 77.5 Å². The van der Waals surface area contributed by atoms with E-state index in [2.05, 4.69) is 15.5 Å². The summed E-state index contributed by atoms with van der Waals surface area (Å²) in [6.45, 7) is 4.68. The number of carbonyl (C=O) groups is 1. The number of amides is 1. The molecule has 1 amide bonds. The van der Waals surface area contributed by atoms with Gasteiger partial charge in [0.1, 0.15) is 0 Å². The molecule has 138 valence electrons. The van der Waals surface area contributed by atoms with Crippen molar-refractivity contribution in [2.24, 2.45) is 0 Å². The van der Waals surface area contributed by atoms with Gasteiger partial charge in [-0.15, -0.1) is 10.2 Å². The minimum Gasteiger partial charge on any atom is -0.325 e. The second-order valence-corrected chi connectivity index (χ2v) is 5.94. The first-order valence-corrected chi connectivity index (χ1v) is 8.42. The lowest BCUT2D eigenvalue weighted by molar-refractivity contribution is 0.102. The van der Waals surface area contributed by atoms with Crippen molar-refractivity contribution in [3.63, 3.8) is 0 Å². The smallest absolute Gasteiger partial charge is 0.276 e. The molecule has 27 heavy (non-hydrogen) atoms. The van der Waals surface area contributed by atoms with Crippen LogP contribution < -0.4 is 10.2 Å². The van der Waals surface area contributed by atoms with Crippen LogP contribution in [0.4, 0.5) is 26.0 Å². The average Bonchev–Trinajstić information content (AvgIpc) is 2.66. The molecule has 0 bridgehead atoms. The number of aromatic nitrogens is 2. The van der Waals surface area contributed by atoms with Crippen LogP contribution >= 0.6 is 0 Å². The van der Waals surface area contributed by atoms with Crippen molar-refractivity contribution < 1.29 is 13.6 Å². The molecule has 0 saturated carbocycles. The summed E-state index contributed by atoms with van der Waals surface area (Å²) in [5, 5.41) is 10.6. The maximum absolute atomic E-state index is 13.2. The molecule has 0 spiro atoms. The van der Waals surface area contributed by atoms with Crippen molar-refractivity contribution in [1.82, 2.24) is 10.2 Å². The highest BCUT2D eigenvalue weighted by molar-refractivity contribution is 6.02. The fourth-order valence-electron chi connectivity index (χ4n) is 2.63. The van der Waals surface area contributed by atoms with Gasteiger partial charge in [0.05, 0.1) is 0 Å². The van der Waals surface area contributed by atoms with Crippen molar-refractivity contribution >= 4 is 23.1 Å². The minimum atomic E-state index is -1.04. The molecule has 0 unspecified atom stereocenters. The van der Waals surface area contributed by atoms with Gasteiger partial charge in [0.25, 0.3) is 5.91 Å². The lowest BCUT2D eigenvalue weighted by Crippen LogP contribution is -2.20. The van der Waals surface area contributed by atoms with Crippen LogP contribution in [0, 0.1) is 18.6 Å². The summed E-state index contributed by atoms with van der Waals surface area (Å²) in [5.74, 6) is -1.97. The van der Waals surface area contributed by atoms with Crippen LogP contribution in [0.15, 0.2) is 54.6 Å². The van der Waals surface area contributed by atoms with Gasteiger partial charge in [-0.25, -0.2) is 8.78 Å². The van der Waals surface area contributed by atoms with Crippen LogP contribution in [0.5, 0.6) is 0 Å². The van der Waals surface area contributed by atoms with Crippen molar-refractivity contribution in [1.29, 1.82) is 0 Å². The molecule has 3 rings (SSSR count). The van der Waals surface area contributed by atoms with Gasteiger partial charge in [-0.3, -0.25) is 4.79 Å². The molecule has 0 radical (unpaired) electrons. The third-order valence-electron chi connectivity index (χ3n) is 3.97. The van der Waals surface area contributed by atoms with Gasteiger partial charge in [-0.1, -0.05) is 12.1 Å². The number of aryl methyl sites for hydroxylation is 1. The Morgan fingerprint density at radius 2 is 1.85 bits per heavy atom. The number of nitrogens with zero attached hydrogens (tertiary/aromatic N) is 3. The van der Waals surface area contributed by atoms with Gasteiger partial charge in [0.2, 0.25) is 0 Å². The molecule has 3 aromatic rings. The normalized spacial score (nSPS) is 10.5. The second-order valence-electron chi connectivity index (χ2n) is 5.94. The molecule has 1 aromatic heterocycles. The van der Waals surface area contributed by atoms with Gasteiger partial charge < -0.3 is 10.2 Å². The van der Waals surface area contributed by atoms with Gasteiger partial charge >= 0.3 is 0 Å². The number of benzene rings is 2. The van der Waals surface area contributed by atoms with Gasteiger partial charge in [0, 0.05) is 24.0 Å². The Kier molecular flexibility index (Phi) is 5.40. The Hall–Kier alpha value is -3.35. The molecule has 0 aliphatic carbocycles. The summed E-state index contributed by atoms with van der Waals surface area (Å²) in [6.07, 6.45) is 0. The van der Waals surface area contributed by atoms with Crippen molar-refractivity contribution in [2.75, 3.05) is 16.8 Å². The zero-order valence-electron chi connectivity index (χ0n) is 14.9. The summed E-state index contributed by atoms with van der Waals surface area (Å²) in [4.78, 5) is 14.2. The van der Waals surface area contributed by atoms with E-state index < -0.39 is 17.5 Å². The van der Waals surface area contributed by atoms with Crippen LogP contribution in [-0.2, 0) is 0 Å². The molecule has 7 heteroatoms. The van der Waals surface area contributed by atoms with Gasteiger partial charge in [0.15, 0.2) is 23.1 Å². The predicted octanol–water partition coefficient (Wildman–Crippen LogP) is 4.47. The van der Waals surface area contributed by atoms with Crippen LogP contribution in [0.3, 0.4) is 0 Å². The fraction of sp³-hybridized carbons (Fsp3) is 0.150. The van der Waals surface area contributed by atoms with E-state index in [4.69, 9.17) is 0 Å². The lowest BCUT2D eigenvalue weighted by atomic mass is 10.2. The Morgan fingerprint density at radius 1 is 1.04 bits per heavy atom. The third kappa shape index (κ3) is 4.25. The highest BCUT2D eigenvalue weighted by Gasteiger charge is 2.13. The molecule has 0 aliphatic rings. The lowest BCUT2D eigenvalue weighted by Gasteiger charge is -2.22. The molecule has 1 heterocycles. The van der Waals surface area contributed by atoms with E-state index in [0.717, 1.165) is 23.4 Å². The van der Waals surface area contributed by atoms with E-state index in [1.807, 2.05) is 43.0 Å². The first-order valence-electron chi connectivity index (χ1n) is 8.42. The Labute approximate surface area is 155 Å². The summed E-state index contributed by atoms with van der Waals surface area (Å²) >= 11 is 0. The first kappa shape index (κ1) is 18.4.